The molecule has 8 nitrogen and oxygen atoms in total. The molecule has 0 radical (unpaired) electrons. The van der Waals surface area contributed by atoms with E-state index >= 15 is 0 Å². The average Bonchev–Trinajstić information content (AvgIpc) is 3.05. The molecule has 0 aromatic carbocycles. The molecule has 0 saturated carbocycles. The Morgan fingerprint density at radius 2 is 2.08 bits per heavy atom. The smallest absolute Gasteiger partial charge is 0.246 e. The van der Waals surface area contributed by atoms with Gasteiger partial charge in [-0.15, -0.1) is 24.0 Å². The normalized spacial score (nSPS) is 15.0. The van der Waals surface area contributed by atoms with Crippen molar-refractivity contribution in [1.82, 2.24) is 25.0 Å². The molecule has 3 rings (SSSR count). The van der Waals surface area contributed by atoms with Gasteiger partial charge < -0.3 is 15.1 Å². The Balaban J connectivity index is 0.00000243. The van der Waals surface area contributed by atoms with Crippen LogP contribution < -0.4 is 10.2 Å². The zero-order chi connectivity index (χ0) is 17.6. The number of nitrogens with zero attached hydrogens (tertiary/aromatic N) is 6. The number of guanidine groups is 1. The predicted octanol–water partition coefficient (Wildman–Crippen LogP) is 0.900. The minimum atomic E-state index is 0. The number of amides is 1. The number of anilines is 1. The molecular weight excluding hydrogens is 445 g/mol. The van der Waals surface area contributed by atoms with Gasteiger partial charge in [0.15, 0.2) is 5.96 Å². The number of hydrogen-bond donors (Lipinski definition) is 1. The van der Waals surface area contributed by atoms with Crippen LogP contribution in [0.4, 0.5) is 5.69 Å². The van der Waals surface area contributed by atoms with Gasteiger partial charge in [0.1, 0.15) is 6.54 Å². The maximum absolute atomic E-state index is 12.5. The molecule has 0 bridgehead atoms. The van der Waals surface area contributed by atoms with Gasteiger partial charge in [-0.1, -0.05) is 0 Å². The summed E-state index contributed by atoms with van der Waals surface area (Å²) >= 11 is 0. The first-order chi connectivity index (χ1) is 12.2. The zero-order valence-corrected chi connectivity index (χ0v) is 17.3. The average molecular weight is 469 g/mol. The standard InChI is InChI=1S/C17H23N7O.HI/c1-18-17(20-8-5-14-3-6-19-7-4-14)23-9-10-24(16(25)13-23)15-11-21-22(2)12-15;/h3-4,6-7,11-12H,5,8-10,13H2,1-2H3,(H,18,20);1H. The first kappa shape index (κ1) is 20.1. The first-order valence-corrected chi connectivity index (χ1v) is 8.31. The molecule has 26 heavy (non-hydrogen) atoms. The lowest BCUT2D eigenvalue weighted by Gasteiger charge is -2.35. The summed E-state index contributed by atoms with van der Waals surface area (Å²) in [7, 11) is 3.59. The van der Waals surface area contributed by atoms with Crippen molar-refractivity contribution in [1.29, 1.82) is 0 Å². The van der Waals surface area contributed by atoms with Crippen LogP contribution in [0.5, 0.6) is 0 Å². The van der Waals surface area contributed by atoms with E-state index in [1.807, 2.05) is 30.3 Å². The zero-order valence-electron chi connectivity index (χ0n) is 15.0. The third-order valence-corrected chi connectivity index (χ3v) is 4.18. The number of hydrogen-bond acceptors (Lipinski definition) is 4. The number of carbonyl (C=O) groups excluding carboxylic acids is 1. The van der Waals surface area contributed by atoms with Crippen LogP contribution in [-0.2, 0) is 18.3 Å². The summed E-state index contributed by atoms with van der Waals surface area (Å²) in [4.78, 5) is 24.6. The van der Waals surface area contributed by atoms with Crippen molar-refractivity contribution in [3.05, 3.63) is 42.5 Å². The molecule has 2 aromatic heterocycles. The van der Waals surface area contributed by atoms with E-state index in [0.717, 1.165) is 31.2 Å². The molecule has 140 valence electrons. The van der Waals surface area contributed by atoms with Crippen LogP contribution in [0.2, 0.25) is 0 Å². The van der Waals surface area contributed by atoms with E-state index in [9.17, 15) is 4.79 Å². The van der Waals surface area contributed by atoms with E-state index in [-0.39, 0.29) is 29.9 Å². The van der Waals surface area contributed by atoms with Gasteiger partial charge in [0.05, 0.1) is 11.9 Å². The first-order valence-electron chi connectivity index (χ1n) is 8.31. The topological polar surface area (TPSA) is 78.7 Å². The monoisotopic (exact) mass is 469 g/mol. The van der Waals surface area contributed by atoms with Crippen LogP contribution >= 0.6 is 24.0 Å². The fraction of sp³-hybridized carbons (Fsp3) is 0.412. The Morgan fingerprint density at radius 3 is 2.69 bits per heavy atom. The van der Waals surface area contributed by atoms with Crippen LogP contribution in [0.25, 0.3) is 0 Å². The minimum Gasteiger partial charge on any atom is -0.356 e. The Labute approximate surface area is 170 Å². The predicted molar refractivity (Wildman–Crippen MR) is 112 cm³/mol. The summed E-state index contributed by atoms with van der Waals surface area (Å²) in [6.45, 7) is 2.42. The number of pyridine rings is 1. The lowest BCUT2D eigenvalue weighted by Crippen LogP contribution is -2.55. The number of halogens is 1. The summed E-state index contributed by atoms with van der Waals surface area (Å²) < 4.78 is 1.70. The van der Waals surface area contributed by atoms with Gasteiger partial charge in [0, 0.05) is 52.3 Å². The molecule has 0 unspecified atom stereocenters. The molecule has 3 heterocycles. The maximum atomic E-state index is 12.5. The minimum absolute atomic E-state index is 0. The van der Waals surface area contributed by atoms with Crippen molar-refractivity contribution in [3.63, 3.8) is 0 Å². The molecule has 1 N–H and O–H groups in total. The Bertz CT molecular complexity index is 747. The van der Waals surface area contributed by atoms with Gasteiger partial charge in [0.25, 0.3) is 0 Å². The quantitative estimate of drug-likeness (QED) is 0.409. The van der Waals surface area contributed by atoms with E-state index in [2.05, 4.69) is 20.4 Å². The largest absolute Gasteiger partial charge is 0.356 e. The van der Waals surface area contributed by atoms with Crippen molar-refractivity contribution in [2.24, 2.45) is 12.0 Å². The maximum Gasteiger partial charge on any atom is 0.246 e. The Kier molecular flexibility index (Phi) is 7.37. The van der Waals surface area contributed by atoms with Gasteiger partial charge in [-0.25, -0.2) is 0 Å². The highest BCUT2D eigenvalue weighted by Gasteiger charge is 2.27. The summed E-state index contributed by atoms with van der Waals surface area (Å²) in [5.41, 5.74) is 2.06. The van der Waals surface area contributed by atoms with Gasteiger partial charge >= 0.3 is 0 Å². The third kappa shape index (κ3) is 4.93. The van der Waals surface area contributed by atoms with Crippen molar-refractivity contribution in [2.45, 2.75) is 6.42 Å². The molecule has 2 aromatic rings. The van der Waals surface area contributed by atoms with E-state index in [1.54, 1.807) is 35.2 Å². The highest BCUT2D eigenvalue weighted by atomic mass is 127. The van der Waals surface area contributed by atoms with Gasteiger partial charge in [-0.05, 0) is 24.1 Å². The van der Waals surface area contributed by atoms with Crippen LogP contribution in [0, 0.1) is 0 Å². The summed E-state index contributed by atoms with van der Waals surface area (Å²) in [6, 6.07) is 4.00. The second kappa shape index (κ2) is 9.51. The van der Waals surface area contributed by atoms with Crippen LogP contribution in [-0.4, -0.2) is 64.8 Å². The van der Waals surface area contributed by atoms with Crippen molar-refractivity contribution in [3.8, 4) is 0 Å². The number of aliphatic imine (C=N–C) groups is 1. The van der Waals surface area contributed by atoms with Crippen molar-refractivity contribution >= 4 is 41.5 Å². The number of piperazine rings is 1. The highest BCUT2D eigenvalue weighted by molar-refractivity contribution is 14.0. The SMILES string of the molecule is CN=C(NCCc1ccncc1)N1CCN(c2cnn(C)c2)C(=O)C1.I. The summed E-state index contributed by atoms with van der Waals surface area (Å²) in [5.74, 6) is 0.810. The summed E-state index contributed by atoms with van der Waals surface area (Å²) in [5, 5.41) is 7.47. The van der Waals surface area contributed by atoms with E-state index in [1.165, 1.54) is 5.56 Å². The molecule has 1 aliphatic rings. The van der Waals surface area contributed by atoms with Crippen LogP contribution in [0.15, 0.2) is 41.9 Å². The van der Waals surface area contributed by atoms with E-state index in [4.69, 9.17) is 0 Å². The van der Waals surface area contributed by atoms with Gasteiger partial charge in [-0.3, -0.25) is 19.5 Å². The molecule has 0 atom stereocenters. The van der Waals surface area contributed by atoms with Gasteiger partial charge in [0.2, 0.25) is 5.91 Å². The van der Waals surface area contributed by atoms with E-state index < -0.39 is 0 Å². The number of rotatable bonds is 4. The Hall–Kier alpha value is -2.17. The lowest BCUT2D eigenvalue weighted by atomic mass is 10.2. The molecule has 1 saturated heterocycles. The fourth-order valence-electron chi connectivity index (χ4n) is 2.88. The van der Waals surface area contributed by atoms with Crippen molar-refractivity contribution < 1.29 is 4.79 Å². The second-order valence-corrected chi connectivity index (χ2v) is 5.92. The molecule has 1 amide bonds. The Morgan fingerprint density at radius 1 is 1.31 bits per heavy atom. The molecule has 1 aliphatic heterocycles. The third-order valence-electron chi connectivity index (χ3n) is 4.18. The van der Waals surface area contributed by atoms with Crippen LogP contribution in [0.3, 0.4) is 0 Å². The lowest BCUT2D eigenvalue weighted by molar-refractivity contribution is -0.120. The number of aryl methyl sites for hydroxylation is 1. The summed E-state index contributed by atoms with van der Waals surface area (Å²) in [6.07, 6.45) is 8.04. The van der Waals surface area contributed by atoms with Gasteiger partial charge in [-0.2, -0.15) is 5.10 Å². The molecule has 0 spiro atoms. The number of carbonyl (C=O) groups is 1. The van der Waals surface area contributed by atoms with Crippen molar-refractivity contribution in [2.75, 3.05) is 38.1 Å². The molecule has 9 heteroatoms. The second-order valence-electron chi connectivity index (χ2n) is 5.92. The van der Waals surface area contributed by atoms with E-state index in [0.29, 0.717) is 13.1 Å². The fourth-order valence-corrected chi connectivity index (χ4v) is 2.88. The number of nitrogens with one attached hydrogen (secondary N) is 1. The molecule has 0 aliphatic carbocycles. The molecular formula is C17H24IN7O. The highest BCUT2D eigenvalue weighted by Crippen LogP contribution is 2.16. The van der Waals surface area contributed by atoms with Crippen LogP contribution in [0.1, 0.15) is 5.56 Å². The number of aromatic nitrogens is 3. The molecule has 1 fully saturated rings.